The number of carbonyl (C=O) groups excluding carboxylic acids is 1. The maximum atomic E-state index is 12.6. The molecule has 0 saturated carbocycles. The Hall–Kier alpha value is -2.71. The van der Waals surface area contributed by atoms with Gasteiger partial charge in [0.15, 0.2) is 0 Å². The summed E-state index contributed by atoms with van der Waals surface area (Å²) in [5, 5.41) is 13.0. The molecule has 1 aromatic carbocycles. The number of amides is 1. The Morgan fingerprint density at radius 2 is 2.11 bits per heavy atom. The molecule has 1 fully saturated rings. The van der Waals surface area contributed by atoms with Gasteiger partial charge >= 0.3 is 5.97 Å². The van der Waals surface area contributed by atoms with Crippen molar-refractivity contribution in [3.63, 3.8) is 0 Å². The predicted molar refractivity (Wildman–Crippen MR) is 98.7 cm³/mol. The molecule has 144 valence electrons. The van der Waals surface area contributed by atoms with Crippen molar-refractivity contribution >= 4 is 11.9 Å². The molecule has 1 aromatic heterocycles. The number of morpholine rings is 1. The lowest BCUT2D eigenvalue weighted by molar-refractivity contribution is -0.142. The minimum Gasteiger partial charge on any atom is -0.480 e. The zero-order valence-corrected chi connectivity index (χ0v) is 15.3. The van der Waals surface area contributed by atoms with E-state index in [9.17, 15) is 9.59 Å². The van der Waals surface area contributed by atoms with Crippen LogP contribution in [0.15, 0.2) is 42.7 Å². The van der Waals surface area contributed by atoms with Crippen LogP contribution in [0.2, 0.25) is 0 Å². The van der Waals surface area contributed by atoms with Crippen molar-refractivity contribution in [1.29, 1.82) is 0 Å². The lowest BCUT2D eigenvalue weighted by Gasteiger charge is -2.34. The van der Waals surface area contributed by atoms with Crippen molar-refractivity contribution in [3.05, 3.63) is 48.3 Å². The van der Waals surface area contributed by atoms with Gasteiger partial charge in [0.05, 0.1) is 31.4 Å². The molecule has 27 heavy (non-hydrogen) atoms. The number of aliphatic carboxylic acids is 1. The van der Waals surface area contributed by atoms with Crippen LogP contribution < -0.4 is 0 Å². The van der Waals surface area contributed by atoms with Gasteiger partial charge in [0.25, 0.3) is 0 Å². The van der Waals surface area contributed by atoms with Crippen molar-refractivity contribution in [2.75, 3.05) is 39.8 Å². The number of aromatic nitrogens is 2. The SMILES string of the molecule is CN(CC(=O)O)CC1CN(C(=O)Cc2ccc(-n3cccn3)cc2)CCO1. The number of nitrogens with zero attached hydrogens (tertiary/aromatic N) is 4. The van der Waals surface area contributed by atoms with E-state index in [-0.39, 0.29) is 18.6 Å². The van der Waals surface area contributed by atoms with Crippen LogP contribution in [0.25, 0.3) is 5.69 Å². The van der Waals surface area contributed by atoms with Crippen molar-refractivity contribution in [2.45, 2.75) is 12.5 Å². The number of benzene rings is 1. The highest BCUT2D eigenvalue weighted by atomic mass is 16.5. The van der Waals surface area contributed by atoms with Crippen LogP contribution in [0.1, 0.15) is 5.56 Å². The van der Waals surface area contributed by atoms with Crippen LogP contribution in [0.5, 0.6) is 0 Å². The molecule has 1 N–H and O–H groups in total. The van der Waals surface area contributed by atoms with E-state index in [1.54, 1.807) is 27.7 Å². The van der Waals surface area contributed by atoms with Crippen LogP contribution in [-0.4, -0.2) is 82.5 Å². The zero-order valence-electron chi connectivity index (χ0n) is 15.3. The van der Waals surface area contributed by atoms with Crippen LogP contribution in [0.3, 0.4) is 0 Å². The fourth-order valence-corrected chi connectivity index (χ4v) is 3.17. The van der Waals surface area contributed by atoms with Crippen molar-refractivity contribution in [2.24, 2.45) is 0 Å². The molecule has 1 saturated heterocycles. The Kier molecular flexibility index (Phi) is 6.20. The van der Waals surface area contributed by atoms with E-state index in [2.05, 4.69) is 5.10 Å². The Bertz CT molecular complexity index is 761. The van der Waals surface area contributed by atoms with Crippen LogP contribution in [0, 0.1) is 0 Å². The van der Waals surface area contributed by atoms with Gasteiger partial charge in [0.1, 0.15) is 0 Å². The number of hydrogen-bond donors (Lipinski definition) is 1. The van der Waals surface area contributed by atoms with E-state index in [1.165, 1.54) is 0 Å². The normalized spacial score (nSPS) is 17.3. The topological polar surface area (TPSA) is 87.9 Å². The highest BCUT2D eigenvalue weighted by Gasteiger charge is 2.25. The van der Waals surface area contributed by atoms with E-state index in [0.717, 1.165) is 11.3 Å². The Balaban J connectivity index is 1.53. The molecule has 1 amide bonds. The summed E-state index contributed by atoms with van der Waals surface area (Å²) in [7, 11) is 1.74. The summed E-state index contributed by atoms with van der Waals surface area (Å²) in [6.07, 6.45) is 3.75. The number of carbonyl (C=O) groups is 2. The zero-order chi connectivity index (χ0) is 19.2. The average molecular weight is 372 g/mol. The molecule has 0 radical (unpaired) electrons. The molecule has 2 aromatic rings. The van der Waals surface area contributed by atoms with Crippen LogP contribution in [-0.2, 0) is 20.7 Å². The van der Waals surface area contributed by atoms with Gasteiger partial charge in [-0.3, -0.25) is 14.5 Å². The molecule has 1 aliphatic heterocycles. The molecule has 8 nitrogen and oxygen atoms in total. The van der Waals surface area contributed by atoms with E-state index in [0.29, 0.717) is 32.7 Å². The molecule has 3 rings (SSSR count). The first-order valence-electron chi connectivity index (χ1n) is 8.90. The number of likely N-dealkylation sites (N-methyl/N-ethyl adjacent to an activating group) is 1. The standard InChI is InChI=1S/C19H24N4O4/c1-21(14-19(25)26)12-17-13-22(9-10-27-17)18(24)11-15-3-5-16(6-4-15)23-8-2-7-20-23/h2-8,17H,9-14H2,1H3,(H,25,26). The van der Waals surface area contributed by atoms with Crippen LogP contribution >= 0.6 is 0 Å². The molecule has 1 atom stereocenters. The first-order valence-corrected chi connectivity index (χ1v) is 8.90. The molecule has 0 spiro atoms. The molecule has 0 aliphatic carbocycles. The van der Waals surface area contributed by atoms with Gasteiger partial charge in [-0.1, -0.05) is 12.1 Å². The average Bonchev–Trinajstić information content (AvgIpc) is 3.16. The third kappa shape index (κ3) is 5.38. The number of rotatable bonds is 7. The molecule has 1 aliphatic rings. The molecule has 0 bridgehead atoms. The van der Waals surface area contributed by atoms with E-state index < -0.39 is 5.97 Å². The minimum atomic E-state index is -0.875. The first-order chi connectivity index (χ1) is 13.0. The van der Waals surface area contributed by atoms with Gasteiger partial charge < -0.3 is 14.7 Å². The first kappa shape index (κ1) is 19.1. The van der Waals surface area contributed by atoms with Gasteiger partial charge in [0, 0.05) is 32.0 Å². The summed E-state index contributed by atoms with van der Waals surface area (Å²) in [6, 6.07) is 9.62. The van der Waals surface area contributed by atoms with E-state index >= 15 is 0 Å². The quantitative estimate of drug-likeness (QED) is 0.768. The molecule has 8 heteroatoms. The van der Waals surface area contributed by atoms with Gasteiger partial charge in [-0.15, -0.1) is 0 Å². The maximum absolute atomic E-state index is 12.6. The van der Waals surface area contributed by atoms with Gasteiger partial charge in [-0.25, -0.2) is 4.68 Å². The maximum Gasteiger partial charge on any atom is 0.317 e. The summed E-state index contributed by atoms with van der Waals surface area (Å²) in [6.45, 7) is 1.94. The van der Waals surface area contributed by atoms with Gasteiger partial charge in [-0.05, 0) is 30.8 Å². The molecular formula is C19H24N4O4. The number of carboxylic acid groups (broad SMARTS) is 1. The fraction of sp³-hybridized carbons (Fsp3) is 0.421. The molecule has 1 unspecified atom stereocenters. The predicted octanol–water partition coefficient (Wildman–Crippen LogP) is 0.659. The second-order valence-corrected chi connectivity index (χ2v) is 6.72. The fourth-order valence-electron chi connectivity index (χ4n) is 3.17. The molecular weight excluding hydrogens is 348 g/mol. The number of carboxylic acids is 1. The highest BCUT2D eigenvalue weighted by molar-refractivity contribution is 5.79. The lowest BCUT2D eigenvalue weighted by Crippen LogP contribution is -2.50. The van der Waals surface area contributed by atoms with Gasteiger partial charge in [0.2, 0.25) is 5.91 Å². The van der Waals surface area contributed by atoms with Crippen molar-refractivity contribution in [3.8, 4) is 5.69 Å². The summed E-state index contributed by atoms with van der Waals surface area (Å²) in [5.41, 5.74) is 1.89. The number of hydrogen-bond acceptors (Lipinski definition) is 5. The molecule has 2 heterocycles. The summed E-state index contributed by atoms with van der Waals surface area (Å²) >= 11 is 0. The smallest absolute Gasteiger partial charge is 0.317 e. The number of ether oxygens (including phenoxy) is 1. The Labute approximate surface area is 157 Å². The Morgan fingerprint density at radius 1 is 1.33 bits per heavy atom. The largest absolute Gasteiger partial charge is 0.480 e. The van der Waals surface area contributed by atoms with Crippen molar-refractivity contribution in [1.82, 2.24) is 19.6 Å². The summed E-state index contributed by atoms with van der Waals surface area (Å²) in [5.74, 6) is -0.823. The highest BCUT2D eigenvalue weighted by Crippen LogP contribution is 2.12. The van der Waals surface area contributed by atoms with Crippen molar-refractivity contribution < 1.29 is 19.4 Å². The van der Waals surface area contributed by atoms with Crippen LogP contribution in [0.4, 0.5) is 0 Å². The van der Waals surface area contributed by atoms with E-state index in [1.807, 2.05) is 36.5 Å². The summed E-state index contributed by atoms with van der Waals surface area (Å²) in [4.78, 5) is 26.9. The second-order valence-electron chi connectivity index (χ2n) is 6.72. The third-order valence-corrected chi connectivity index (χ3v) is 4.47. The minimum absolute atomic E-state index is 0.0452. The third-order valence-electron chi connectivity index (χ3n) is 4.47. The second kappa shape index (κ2) is 8.79. The monoisotopic (exact) mass is 372 g/mol. The Morgan fingerprint density at radius 3 is 2.78 bits per heavy atom. The van der Waals surface area contributed by atoms with E-state index in [4.69, 9.17) is 9.84 Å². The summed E-state index contributed by atoms with van der Waals surface area (Å²) < 4.78 is 7.45. The lowest BCUT2D eigenvalue weighted by atomic mass is 10.1. The van der Waals surface area contributed by atoms with Gasteiger partial charge in [-0.2, -0.15) is 5.10 Å².